The fourth-order valence-electron chi connectivity index (χ4n) is 4.94. The Morgan fingerprint density at radius 1 is 1.08 bits per heavy atom. The second kappa shape index (κ2) is 8.35. The number of aliphatic carboxylic acids is 1. The van der Waals surface area contributed by atoms with Crippen molar-refractivity contribution in [2.45, 2.75) is 91.0 Å². The Morgan fingerprint density at radius 3 is 2.42 bits per heavy atom. The molecule has 3 aliphatic carbocycles. The van der Waals surface area contributed by atoms with Crippen molar-refractivity contribution in [1.29, 1.82) is 0 Å². The molecule has 0 spiro atoms. The van der Waals surface area contributed by atoms with Crippen LogP contribution in [-0.4, -0.2) is 23.0 Å². The average Bonchev–Trinajstić information content (AvgIpc) is 2.51. The number of rotatable bonds is 10. The van der Waals surface area contributed by atoms with Crippen LogP contribution < -0.4 is 5.32 Å². The molecular formula is C20H35NO3. The number of carbonyl (C=O) groups excluding carboxylic acids is 1. The third-order valence-electron chi connectivity index (χ3n) is 6.60. The lowest BCUT2D eigenvalue weighted by molar-refractivity contribution is -0.137. The zero-order valence-electron chi connectivity index (χ0n) is 15.6. The maximum absolute atomic E-state index is 12.1. The van der Waals surface area contributed by atoms with Gasteiger partial charge in [-0.3, -0.25) is 9.59 Å². The molecule has 3 rings (SSSR count). The van der Waals surface area contributed by atoms with E-state index in [1.165, 1.54) is 19.3 Å². The predicted molar refractivity (Wildman–Crippen MR) is 95.7 cm³/mol. The molecule has 3 fully saturated rings. The van der Waals surface area contributed by atoms with Gasteiger partial charge in [-0.05, 0) is 55.3 Å². The van der Waals surface area contributed by atoms with Crippen LogP contribution in [0.4, 0.5) is 0 Å². The summed E-state index contributed by atoms with van der Waals surface area (Å²) in [6.07, 6.45) is 9.58. The normalized spacial score (nSPS) is 30.5. The van der Waals surface area contributed by atoms with Crippen molar-refractivity contribution in [3.8, 4) is 0 Å². The van der Waals surface area contributed by atoms with Crippen LogP contribution in [0.2, 0.25) is 0 Å². The molecule has 1 unspecified atom stereocenters. The van der Waals surface area contributed by atoms with Crippen LogP contribution >= 0.6 is 0 Å². The van der Waals surface area contributed by atoms with Crippen LogP contribution in [0, 0.1) is 23.2 Å². The van der Waals surface area contributed by atoms with Crippen LogP contribution in [0.15, 0.2) is 0 Å². The summed E-state index contributed by atoms with van der Waals surface area (Å²) in [7, 11) is 0. The summed E-state index contributed by atoms with van der Waals surface area (Å²) in [5.41, 5.74) is 0.377. The van der Waals surface area contributed by atoms with E-state index < -0.39 is 5.97 Å². The van der Waals surface area contributed by atoms with E-state index in [4.69, 9.17) is 5.11 Å². The first kappa shape index (κ1) is 19.3. The van der Waals surface area contributed by atoms with Gasteiger partial charge in [-0.15, -0.1) is 0 Å². The van der Waals surface area contributed by atoms with Crippen molar-refractivity contribution in [2.24, 2.45) is 23.2 Å². The van der Waals surface area contributed by atoms with Gasteiger partial charge in [0.2, 0.25) is 5.91 Å². The summed E-state index contributed by atoms with van der Waals surface area (Å²) in [4.78, 5) is 22.7. The molecule has 4 heteroatoms. The van der Waals surface area contributed by atoms with E-state index in [9.17, 15) is 9.59 Å². The lowest BCUT2D eigenvalue weighted by Gasteiger charge is -2.62. The van der Waals surface area contributed by atoms with Gasteiger partial charge in [0.1, 0.15) is 0 Å². The molecule has 0 aromatic heterocycles. The van der Waals surface area contributed by atoms with Gasteiger partial charge in [0.25, 0.3) is 0 Å². The SMILES string of the molecule is CCCC(=O)NC1[C@@H](CCCCCCC(=O)O)C[C@H]2C[C@@H]1C2(C)C. The Balaban J connectivity index is 1.81. The van der Waals surface area contributed by atoms with E-state index >= 15 is 0 Å². The van der Waals surface area contributed by atoms with Gasteiger partial charge >= 0.3 is 5.97 Å². The number of carbonyl (C=O) groups is 2. The number of hydrogen-bond acceptors (Lipinski definition) is 2. The van der Waals surface area contributed by atoms with Crippen LogP contribution in [0.25, 0.3) is 0 Å². The monoisotopic (exact) mass is 337 g/mol. The highest BCUT2D eigenvalue weighted by Gasteiger charge is 2.57. The first-order chi connectivity index (χ1) is 11.4. The Bertz CT molecular complexity index is 446. The largest absolute Gasteiger partial charge is 0.481 e. The molecule has 4 nitrogen and oxygen atoms in total. The molecule has 2 bridgehead atoms. The number of unbranched alkanes of at least 4 members (excludes halogenated alkanes) is 3. The number of fused-ring (bicyclic) bond motifs is 2. The molecule has 3 saturated carbocycles. The molecule has 24 heavy (non-hydrogen) atoms. The summed E-state index contributed by atoms with van der Waals surface area (Å²) < 4.78 is 0. The minimum atomic E-state index is -0.691. The van der Waals surface area contributed by atoms with E-state index in [0.29, 0.717) is 29.7 Å². The minimum Gasteiger partial charge on any atom is -0.481 e. The van der Waals surface area contributed by atoms with Crippen LogP contribution in [0.1, 0.15) is 85.0 Å². The molecule has 0 heterocycles. The van der Waals surface area contributed by atoms with E-state index in [2.05, 4.69) is 26.1 Å². The third-order valence-corrected chi connectivity index (χ3v) is 6.60. The molecule has 3 aliphatic rings. The molecule has 0 aliphatic heterocycles. The Morgan fingerprint density at radius 2 is 1.79 bits per heavy atom. The maximum atomic E-state index is 12.1. The summed E-state index contributed by atoms with van der Waals surface area (Å²) >= 11 is 0. The highest BCUT2D eigenvalue weighted by atomic mass is 16.4. The lowest BCUT2D eigenvalue weighted by Crippen LogP contribution is -2.63. The van der Waals surface area contributed by atoms with Gasteiger partial charge in [0, 0.05) is 18.9 Å². The summed E-state index contributed by atoms with van der Waals surface area (Å²) in [6, 6.07) is 0.350. The number of hydrogen-bond donors (Lipinski definition) is 2. The van der Waals surface area contributed by atoms with Crippen molar-refractivity contribution < 1.29 is 14.7 Å². The van der Waals surface area contributed by atoms with Gasteiger partial charge in [0.05, 0.1) is 0 Å². The van der Waals surface area contributed by atoms with Crippen LogP contribution in [0.3, 0.4) is 0 Å². The molecular weight excluding hydrogens is 302 g/mol. The summed E-state index contributed by atoms with van der Waals surface area (Å²) in [5, 5.41) is 12.0. The van der Waals surface area contributed by atoms with Gasteiger partial charge in [-0.1, -0.05) is 40.0 Å². The molecule has 0 saturated heterocycles. The number of carboxylic acids is 1. The number of amides is 1. The fourth-order valence-corrected chi connectivity index (χ4v) is 4.94. The van der Waals surface area contributed by atoms with Gasteiger partial charge in [-0.25, -0.2) is 0 Å². The number of nitrogens with one attached hydrogen (secondary N) is 1. The van der Waals surface area contributed by atoms with Crippen molar-refractivity contribution >= 4 is 11.9 Å². The van der Waals surface area contributed by atoms with Gasteiger partial charge in [0.15, 0.2) is 0 Å². The van der Waals surface area contributed by atoms with Crippen molar-refractivity contribution in [3.63, 3.8) is 0 Å². The fraction of sp³-hybridized carbons (Fsp3) is 0.900. The Hall–Kier alpha value is -1.06. The molecule has 0 radical (unpaired) electrons. The van der Waals surface area contributed by atoms with E-state index in [-0.39, 0.29) is 12.3 Å². The Kier molecular flexibility index (Phi) is 6.70. The lowest BCUT2D eigenvalue weighted by atomic mass is 9.44. The first-order valence-corrected chi connectivity index (χ1v) is 9.87. The topological polar surface area (TPSA) is 66.4 Å². The molecule has 4 atom stereocenters. The molecule has 0 aromatic carbocycles. The van der Waals surface area contributed by atoms with E-state index in [1.807, 2.05) is 0 Å². The standard InChI is InChI=1S/C20H35NO3/c1-4-9-17(22)21-19-14(10-7-5-6-8-11-18(23)24)12-15-13-16(19)20(15,2)3/h14-16,19H,4-13H2,1-3H3,(H,21,22)(H,23,24)/t14-,15-,16-,19?/m0/s1. The molecule has 138 valence electrons. The van der Waals surface area contributed by atoms with Gasteiger partial charge in [-0.2, -0.15) is 0 Å². The smallest absolute Gasteiger partial charge is 0.303 e. The first-order valence-electron chi connectivity index (χ1n) is 9.87. The third kappa shape index (κ3) is 4.52. The second-order valence-corrected chi connectivity index (χ2v) is 8.55. The predicted octanol–water partition coefficient (Wildman–Crippen LogP) is 4.38. The highest BCUT2D eigenvalue weighted by molar-refractivity contribution is 5.76. The molecule has 2 N–H and O–H groups in total. The van der Waals surface area contributed by atoms with Gasteiger partial charge < -0.3 is 10.4 Å². The zero-order valence-corrected chi connectivity index (χ0v) is 15.6. The van der Waals surface area contributed by atoms with Crippen molar-refractivity contribution in [3.05, 3.63) is 0 Å². The second-order valence-electron chi connectivity index (χ2n) is 8.55. The number of carboxylic acid groups (broad SMARTS) is 1. The quantitative estimate of drug-likeness (QED) is 0.581. The average molecular weight is 338 g/mol. The Labute approximate surface area is 146 Å². The molecule has 1 amide bonds. The van der Waals surface area contributed by atoms with E-state index in [0.717, 1.165) is 38.0 Å². The molecule has 0 aromatic rings. The van der Waals surface area contributed by atoms with E-state index in [1.54, 1.807) is 0 Å². The zero-order chi connectivity index (χ0) is 17.7. The minimum absolute atomic E-state index is 0.218. The maximum Gasteiger partial charge on any atom is 0.303 e. The highest BCUT2D eigenvalue weighted by Crippen LogP contribution is 2.61. The summed E-state index contributed by atoms with van der Waals surface area (Å²) in [5.74, 6) is 1.59. The van der Waals surface area contributed by atoms with Crippen molar-refractivity contribution in [1.82, 2.24) is 5.32 Å². The van der Waals surface area contributed by atoms with Crippen LogP contribution in [-0.2, 0) is 9.59 Å². The van der Waals surface area contributed by atoms with Crippen molar-refractivity contribution in [2.75, 3.05) is 0 Å². The summed E-state index contributed by atoms with van der Waals surface area (Å²) in [6.45, 7) is 6.79. The van der Waals surface area contributed by atoms with Crippen LogP contribution in [0.5, 0.6) is 0 Å².